The van der Waals surface area contributed by atoms with E-state index in [1.54, 1.807) is 0 Å². The summed E-state index contributed by atoms with van der Waals surface area (Å²) in [5.41, 5.74) is 3.28. The highest BCUT2D eigenvalue weighted by atomic mass is 79.9. The lowest BCUT2D eigenvalue weighted by atomic mass is 10.1. The van der Waals surface area contributed by atoms with Crippen molar-refractivity contribution in [2.75, 3.05) is 5.32 Å². The van der Waals surface area contributed by atoms with Gasteiger partial charge in [0.25, 0.3) is 0 Å². The van der Waals surface area contributed by atoms with Crippen molar-refractivity contribution in [3.63, 3.8) is 0 Å². The highest BCUT2D eigenvalue weighted by molar-refractivity contribution is 9.10. The normalized spacial score (nSPS) is 20.5. The molecule has 0 aromatic heterocycles. The zero-order chi connectivity index (χ0) is 14.1. The van der Waals surface area contributed by atoms with Crippen LogP contribution in [0.25, 0.3) is 0 Å². The van der Waals surface area contributed by atoms with Crippen molar-refractivity contribution in [2.45, 2.75) is 19.3 Å². The molecule has 0 unspecified atom stereocenters. The van der Waals surface area contributed by atoms with E-state index in [0.717, 1.165) is 16.6 Å². The smallest absolute Gasteiger partial charge is 0.228 e. The Morgan fingerprint density at radius 1 is 1.20 bits per heavy atom. The minimum atomic E-state index is 0.102. The third kappa shape index (κ3) is 2.78. The Hall–Kier alpha value is -1.61. The van der Waals surface area contributed by atoms with E-state index in [4.69, 9.17) is 0 Å². The van der Waals surface area contributed by atoms with E-state index in [1.807, 2.05) is 43.3 Å². The van der Waals surface area contributed by atoms with Crippen molar-refractivity contribution >= 4 is 27.5 Å². The van der Waals surface area contributed by atoms with Crippen LogP contribution in [-0.2, 0) is 4.79 Å². The van der Waals surface area contributed by atoms with Crippen molar-refractivity contribution in [2.24, 2.45) is 5.92 Å². The second-order valence-corrected chi connectivity index (χ2v) is 6.19. The zero-order valence-corrected chi connectivity index (χ0v) is 12.9. The van der Waals surface area contributed by atoms with Crippen LogP contribution in [0.4, 0.5) is 5.69 Å². The first kappa shape index (κ1) is 13.4. The Bertz CT molecular complexity index is 639. The number of carbonyl (C=O) groups is 1. The number of benzene rings is 2. The second kappa shape index (κ2) is 5.41. The molecule has 1 aliphatic carbocycles. The zero-order valence-electron chi connectivity index (χ0n) is 11.3. The van der Waals surface area contributed by atoms with Gasteiger partial charge in [-0.3, -0.25) is 4.79 Å². The molecule has 1 saturated carbocycles. The van der Waals surface area contributed by atoms with Gasteiger partial charge in [0, 0.05) is 10.4 Å². The lowest BCUT2D eigenvalue weighted by Gasteiger charge is -2.08. The fourth-order valence-corrected chi connectivity index (χ4v) is 3.09. The number of aryl methyl sites for hydroxylation is 1. The summed E-state index contributed by atoms with van der Waals surface area (Å²) < 4.78 is 0.933. The molecule has 0 aliphatic heterocycles. The van der Waals surface area contributed by atoms with Crippen LogP contribution in [0.2, 0.25) is 0 Å². The molecule has 3 heteroatoms. The predicted octanol–water partition coefficient (Wildman–Crippen LogP) is 4.50. The fourth-order valence-electron chi connectivity index (χ4n) is 2.50. The van der Waals surface area contributed by atoms with Gasteiger partial charge in [0.1, 0.15) is 0 Å². The Morgan fingerprint density at radius 3 is 2.65 bits per heavy atom. The first-order valence-corrected chi connectivity index (χ1v) is 7.56. The Balaban J connectivity index is 1.67. The molecule has 0 radical (unpaired) electrons. The maximum Gasteiger partial charge on any atom is 0.228 e. The first-order chi connectivity index (χ1) is 9.65. The van der Waals surface area contributed by atoms with Gasteiger partial charge in [0.15, 0.2) is 0 Å². The Morgan fingerprint density at radius 2 is 1.95 bits per heavy atom. The van der Waals surface area contributed by atoms with Gasteiger partial charge in [0.05, 0.1) is 5.69 Å². The van der Waals surface area contributed by atoms with Gasteiger partial charge in [0.2, 0.25) is 5.91 Å². The third-order valence-corrected chi connectivity index (χ3v) is 4.39. The molecule has 0 heterocycles. The number of nitrogens with one attached hydrogen (secondary N) is 1. The maximum atomic E-state index is 12.3. The van der Waals surface area contributed by atoms with Crippen LogP contribution in [0.3, 0.4) is 0 Å². The van der Waals surface area contributed by atoms with E-state index in [-0.39, 0.29) is 11.8 Å². The van der Waals surface area contributed by atoms with Gasteiger partial charge < -0.3 is 5.32 Å². The molecule has 0 saturated heterocycles. The highest BCUT2D eigenvalue weighted by Gasteiger charge is 2.43. The summed E-state index contributed by atoms with van der Waals surface area (Å²) in [6.07, 6.45) is 0.944. The SMILES string of the molecule is Cc1ccc(NC(=O)[C@@H]2C[C@H]2c2ccccc2)c(Br)c1. The number of amides is 1. The largest absolute Gasteiger partial charge is 0.325 e. The van der Waals surface area contributed by atoms with Gasteiger partial charge in [-0.05, 0) is 58.5 Å². The molecule has 1 aliphatic rings. The monoisotopic (exact) mass is 329 g/mol. The lowest BCUT2D eigenvalue weighted by molar-refractivity contribution is -0.117. The number of hydrogen-bond acceptors (Lipinski definition) is 1. The van der Waals surface area contributed by atoms with Crippen molar-refractivity contribution < 1.29 is 4.79 Å². The van der Waals surface area contributed by atoms with Crippen molar-refractivity contribution in [3.05, 3.63) is 64.1 Å². The summed E-state index contributed by atoms with van der Waals surface area (Å²) >= 11 is 3.49. The van der Waals surface area contributed by atoms with Crippen LogP contribution < -0.4 is 5.32 Å². The van der Waals surface area contributed by atoms with Gasteiger partial charge in [-0.2, -0.15) is 0 Å². The van der Waals surface area contributed by atoms with Crippen LogP contribution in [-0.4, -0.2) is 5.91 Å². The minimum Gasteiger partial charge on any atom is -0.325 e. The molecular weight excluding hydrogens is 314 g/mol. The molecule has 1 fully saturated rings. The summed E-state index contributed by atoms with van der Waals surface area (Å²) in [5, 5.41) is 3.01. The fraction of sp³-hybridized carbons (Fsp3) is 0.235. The topological polar surface area (TPSA) is 29.1 Å². The van der Waals surface area contributed by atoms with Crippen molar-refractivity contribution in [1.29, 1.82) is 0 Å². The third-order valence-electron chi connectivity index (χ3n) is 3.74. The van der Waals surface area contributed by atoms with E-state index in [1.165, 1.54) is 11.1 Å². The summed E-state index contributed by atoms with van der Waals surface area (Å²) in [7, 11) is 0. The van der Waals surface area contributed by atoms with Crippen LogP contribution in [0.1, 0.15) is 23.5 Å². The van der Waals surface area contributed by atoms with Crippen molar-refractivity contribution in [3.8, 4) is 0 Å². The number of carbonyl (C=O) groups excluding carboxylic acids is 1. The minimum absolute atomic E-state index is 0.102. The van der Waals surface area contributed by atoms with Crippen LogP contribution >= 0.6 is 15.9 Å². The first-order valence-electron chi connectivity index (χ1n) is 6.77. The van der Waals surface area contributed by atoms with Crippen LogP contribution in [0.5, 0.6) is 0 Å². The van der Waals surface area contributed by atoms with E-state index in [2.05, 4.69) is 33.4 Å². The molecule has 1 N–H and O–H groups in total. The summed E-state index contributed by atoms with van der Waals surface area (Å²) in [5.74, 6) is 0.592. The standard InChI is InChI=1S/C17H16BrNO/c1-11-7-8-16(15(18)9-11)19-17(20)14-10-13(14)12-5-3-2-4-6-12/h2-9,13-14H,10H2,1H3,(H,19,20)/t13-,14+/m0/s1. The molecule has 2 aromatic carbocycles. The molecule has 2 atom stereocenters. The van der Waals surface area contributed by atoms with Gasteiger partial charge in [-0.15, -0.1) is 0 Å². The molecule has 0 spiro atoms. The maximum absolute atomic E-state index is 12.3. The molecule has 2 aromatic rings. The van der Waals surface area contributed by atoms with Crippen LogP contribution in [0, 0.1) is 12.8 Å². The van der Waals surface area contributed by atoms with Crippen LogP contribution in [0.15, 0.2) is 53.0 Å². The van der Waals surface area contributed by atoms with E-state index < -0.39 is 0 Å². The summed E-state index contributed by atoms with van der Waals surface area (Å²) in [6, 6.07) is 16.2. The number of halogens is 1. The lowest BCUT2D eigenvalue weighted by Crippen LogP contribution is -2.14. The number of anilines is 1. The molecule has 20 heavy (non-hydrogen) atoms. The van der Waals surface area contributed by atoms with Crippen molar-refractivity contribution in [1.82, 2.24) is 0 Å². The van der Waals surface area contributed by atoms with E-state index >= 15 is 0 Å². The second-order valence-electron chi connectivity index (χ2n) is 5.33. The molecule has 102 valence electrons. The Labute approximate surface area is 127 Å². The van der Waals surface area contributed by atoms with E-state index in [9.17, 15) is 4.79 Å². The Kier molecular flexibility index (Phi) is 3.62. The van der Waals surface area contributed by atoms with Gasteiger partial charge in [-0.1, -0.05) is 36.4 Å². The number of rotatable bonds is 3. The number of hydrogen-bond donors (Lipinski definition) is 1. The molecule has 1 amide bonds. The van der Waals surface area contributed by atoms with Gasteiger partial charge in [-0.25, -0.2) is 0 Å². The quantitative estimate of drug-likeness (QED) is 0.882. The molecule has 3 rings (SSSR count). The van der Waals surface area contributed by atoms with Gasteiger partial charge >= 0.3 is 0 Å². The summed E-state index contributed by atoms with van der Waals surface area (Å²) in [4.78, 5) is 12.3. The molecule has 0 bridgehead atoms. The average Bonchev–Trinajstić information content (AvgIpc) is 3.23. The molecule has 2 nitrogen and oxygen atoms in total. The molecular formula is C17H16BrNO. The van der Waals surface area contributed by atoms with E-state index in [0.29, 0.717) is 5.92 Å². The predicted molar refractivity (Wildman–Crippen MR) is 84.8 cm³/mol. The highest BCUT2D eigenvalue weighted by Crippen LogP contribution is 2.48. The average molecular weight is 330 g/mol. The summed E-state index contributed by atoms with van der Waals surface area (Å²) in [6.45, 7) is 2.03.